The minimum absolute atomic E-state index is 0.291. The van der Waals surface area contributed by atoms with Crippen LogP contribution in [0.25, 0.3) is 0 Å². The van der Waals surface area contributed by atoms with Crippen molar-refractivity contribution in [3.8, 4) is 0 Å². The highest BCUT2D eigenvalue weighted by Gasteiger charge is 2.27. The smallest absolute Gasteiger partial charge is 0.389 e. The van der Waals surface area contributed by atoms with Gasteiger partial charge in [0.25, 0.3) is 0 Å². The zero-order valence-corrected chi connectivity index (χ0v) is 9.55. The van der Waals surface area contributed by atoms with E-state index in [1.807, 2.05) is 4.90 Å². The molecule has 0 aromatic rings. The van der Waals surface area contributed by atoms with Gasteiger partial charge in [-0.05, 0) is 14.1 Å². The van der Waals surface area contributed by atoms with E-state index < -0.39 is 18.9 Å². The summed E-state index contributed by atoms with van der Waals surface area (Å²) in [5, 5.41) is 12.3. The highest BCUT2D eigenvalue weighted by Crippen LogP contribution is 2.14. The third-order valence-corrected chi connectivity index (χ3v) is 1.84. The van der Waals surface area contributed by atoms with Gasteiger partial charge in [0.2, 0.25) is 0 Å². The van der Waals surface area contributed by atoms with Crippen LogP contribution in [0.1, 0.15) is 0 Å². The normalized spacial score (nSPS) is 14.4. The molecule has 0 heterocycles. The van der Waals surface area contributed by atoms with Crippen LogP contribution in [-0.2, 0) is 4.74 Å². The molecule has 0 aliphatic carbocycles. The maximum atomic E-state index is 11.7. The Kier molecular flexibility index (Phi) is 7.65. The van der Waals surface area contributed by atoms with Crippen LogP contribution in [0.3, 0.4) is 0 Å². The van der Waals surface area contributed by atoms with E-state index in [1.165, 1.54) is 0 Å². The van der Waals surface area contributed by atoms with Crippen LogP contribution in [0.4, 0.5) is 13.2 Å². The zero-order chi connectivity index (χ0) is 12.6. The summed E-state index contributed by atoms with van der Waals surface area (Å²) in [7, 11) is 3.58. The molecule has 0 saturated carbocycles. The first-order valence-electron chi connectivity index (χ1n) is 5.01. The van der Waals surface area contributed by atoms with Gasteiger partial charge in [-0.3, -0.25) is 0 Å². The predicted octanol–water partition coefficient (Wildman–Crippen LogP) is 0.0774. The SMILES string of the molecule is CNCCN(C)CC(O)COCC(F)(F)F. The number of hydrogen-bond donors (Lipinski definition) is 2. The van der Waals surface area contributed by atoms with Crippen LogP contribution in [-0.4, -0.2) is 69.2 Å². The second-order valence-corrected chi connectivity index (χ2v) is 3.65. The second kappa shape index (κ2) is 7.83. The monoisotopic (exact) mass is 244 g/mol. The van der Waals surface area contributed by atoms with E-state index in [0.717, 1.165) is 6.54 Å². The van der Waals surface area contributed by atoms with E-state index in [4.69, 9.17) is 0 Å². The summed E-state index contributed by atoms with van der Waals surface area (Å²) in [6.07, 6.45) is -5.23. The Labute approximate surface area is 93.4 Å². The molecule has 1 atom stereocenters. The van der Waals surface area contributed by atoms with E-state index in [-0.39, 0.29) is 6.61 Å². The summed E-state index contributed by atoms with van der Waals surface area (Å²) in [5.74, 6) is 0. The number of hydrogen-bond acceptors (Lipinski definition) is 4. The molecule has 0 amide bonds. The molecule has 2 N–H and O–H groups in total. The van der Waals surface area contributed by atoms with E-state index in [1.54, 1.807) is 14.1 Å². The third kappa shape index (κ3) is 10.2. The van der Waals surface area contributed by atoms with E-state index in [0.29, 0.717) is 13.1 Å². The van der Waals surface area contributed by atoms with Crippen LogP contribution in [0, 0.1) is 0 Å². The van der Waals surface area contributed by atoms with Gasteiger partial charge in [-0.25, -0.2) is 0 Å². The van der Waals surface area contributed by atoms with Gasteiger partial charge in [-0.15, -0.1) is 0 Å². The van der Waals surface area contributed by atoms with Gasteiger partial charge in [0, 0.05) is 19.6 Å². The molecular formula is C9H19F3N2O2. The Morgan fingerprint density at radius 2 is 2.06 bits per heavy atom. The number of nitrogens with zero attached hydrogens (tertiary/aromatic N) is 1. The van der Waals surface area contributed by atoms with Gasteiger partial charge in [0.15, 0.2) is 0 Å². The van der Waals surface area contributed by atoms with Crippen molar-refractivity contribution >= 4 is 0 Å². The Hall–Kier alpha value is -0.370. The Bertz CT molecular complexity index is 179. The van der Waals surface area contributed by atoms with Gasteiger partial charge in [-0.1, -0.05) is 0 Å². The van der Waals surface area contributed by atoms with Crippen LogP contribution in [0.5, 0.6) is 0 Å². The maximum Gasteiger partial charge on any atom is 0.411 e. The quantitative estimate of drug-likeness (QED) is 0.634. The minimum Gasteiger partial charge on any atom is -0.389 e. The van der Waals surface area contributed by atoms with Crippen molar-refractivity contribution in [2.24, 2.45) is 0 Å². The lowest BCUT2D eigenvalue weighted by molar-refractivity contribution is -0.179. The fourth-order valence-corrected chi connectivity index (χ4v) is 1.12. The third-order valence-electron chi connectivity index (χ3n) is 1.84. The van der Waals surface area contributed by atoms with E-state index >= 15 is 0 Å². The average molecular weight is 244 g/mol. The minimum atomic E-state index is -4.34. The van der Waals surface area contributed by atoms with Crippen molar-refractivity contribution in [3.63, 3.8) is 0 Å². The number of aliphatic hydroxyl groups is 1. The summed E-state index contributed by atoms with van der Waals surface area (Å²) < 4.78 is 39.5. The molecule has 0 saturated heterocycles. The van der Waals surface area contributed by atoms with Crippen molar-refractivity contribution in [3.05, 3.63) is 0 Å². The first kappa shape index (κ1) is 15.6. The summed E-state index contributed by atoms with van der Waals surface area (Å²) in [5.41, 5.74) is 0. The number of alkyl halides is 3. The van der Waals surface area contributed by atoms with E-state index in [9.17, 15) is 18.3 Å². The number of rotatable bonds is 8. The number of ether oxygens (including phenoxy) is 1. The van der Waals surface area contributed by atoms with Gasteiger partial charge >= 0.3 is 6.18 Å². The van der Waals surface area contributed by atoms with E-state index in [2.05, 4.69) is 10.1 Å². The van der Waals surface area contributed by atoms with Gasteiger partial charge in [-0.2, -0.15) is 13.2 Å². The Balaban J connectivity index is 3.54. The number of likely N-dealkylation sites (N-methyl/N-ethyl adjacent to an activating group) is 2. The fraction of sp³-hybridized carbons (Fsp3) is 1.00. The molecule has 1 unspecified atom stereocenters. The molecule has 0 aliphatic heterocycles. The highest BCUT2D eigenvalue weighted by molar-refractivity contribution is 4.61. The first-order valence-corrected chi connectivity index (χ1v) is 5.01. The highest BCUT2D eigenvalue weighted by atomic mass is 19.4. The number of halogens is 3. The zero-order valence-electron chi connectivity index (χ0n) is 9.55. The molecule has 0 aromatic heterocycles. The fourth-order valence-electron chi connectivity index (χ4n) is 1.12. The largest absolute Gasteiger partial charge is 0.411 e. The molecule has 7 heteroatoms. The van der Waals surface area contributed by atoms with Crippen LogP contribution < -0.4 is 5.32 Å². The Morgan fingerprint density at radius 3 is 2.56 bits per heavy atom. The molecule has 98 valence electrons. The van der Waals surface area contributed by atoms with Crippen LogP contribution >= 0.6 is 0 Å². The van der Waals surface area contributed by atoms with Gasteiger partial charge in [0.1, 0.15) is 6.61 Å². The standard InChI is InChI=1S/C9H19F3N2O2/c1-13-3-4-14(2)5-8(15)6-16-7-9(10,11)12/h8,13,15H,3-7H2,1-2H3. The van der Waals surface area contributed by atoms with Crippen molar-refractivity contribution in [1.29, 1.82) is 0 Å². The molecule has 0 rings (SSSR count). The van der Waals surface area contributed by atoms with Gasteiger partial charge < -0.3 is 20.1 Å². The number of nitrogens with one attached hydrogen (secondary N) is 1. The van der Waals surface area contributed by atoms with Crippen LogP contribution in [0.2, 0.25) is 0 Å². The second-order valence-electron chi connectivity index (χ2n) is 3.65. The lowest BCUT2D eigenvalue weighted by Crippen LogP contribution is -2.36. The Morgan fingerprint density at radius 1 is 1.44 bits per heavy atom. The predicted molar refractivity (Wildman–Crippen MR) is 54.3 cm³/mol. The average Bonchev–Trinajstić information content (AvgIpc) is 2.12. The molecule has 0 aliphatic rings. The molecule has 0 aromatic carbocycles. The summed E-state index contributed by atoms with van der Waals surface area (Å²) >= 11 is 0. The van der Waals surface area contributed by atoms with Crippen molar-refractivity contribution in [1.82, 2.24) is 10.2 Å². The lowest BCUT2D eigenvalue weighted by Gasteiger charge is -2.20. The number of aliphatic hydroxyl groups excluding tert-OH is 1. The molecule has 0 radical (unpaired) electrons. The van der Waals surface area contributed by atoms with Crippen molar-refractivity contribution in [2.75, 3.05) is 46.9 Å². The molecule has 0 bridgehead atoms. The van der Waals surface area contributed by atoms with Crippen molar-refractivity contribution < 1.29 is 23.0 Å². The molecular weight excluding hydrogens is 225 g/mol. The summed E-state index contributed by atoms with van der Waals surface area (Å²) in [6.45, 7) is 0.146. The molecule has 0 fully saturated rings. The van der Waals surface area contributed by atoms with Gasteiger partial charge in [0.05, 0.1) is 12.7 Å². The molecule has 4 nitrogen and oxygen atoms in total. The van der Waals surface area contributed by atoms with Crippen molar-refractivity contribution in [2.45, 2.75) is 12.3 Å². The summed E-state index contributed by atoms with van der Waals surface area (Å²) in [4.78, 5) is 1.82. The first-order chi connectivity index (χ1) is 7.35. The molecule has 16 heavy (non-hydrogen) atoms. The van der Waals surface area contributed by atoms with Crippen LogP contribution in [0.15, 0.2) is 0 Å². The maximum absolute atomic E-state index is 11.7. The summed E-state index contributed by atoms with van der Waals surface area (Å²) in [6, 6.07) is 0. The molecule has 0 spiro atoms. The lowest BCUT2D eigenvalue weighted by atomic mass is 10.3. The topological polar surface area (TPSA) is 44.7 Å².